The van der Waals surface area contributed by atoms with E-state index in [2.05, 4.69) is 10.6 Å². The van der Waals surface area contributed by atoms with Crippen LogP contribution in [0.3, 0.4) is 0 Å². The first kappa shape index (κ1) is 20.2. The number of ketones is 1. The van der Waals surface area contributed by atoms with Crippen molar-refractivity contribution in [3.8, 4) is 0 Å². The highest BCUT2D eigenvalue weighted by atomic mass is 32.2. The molecule has 0 saturated carbocycles. The fourth-order valence-electron chi connectivity index (χ4n) is 2.39. The summed E-state index contributed by atoms with van der Waals surface area (Å²) in [5, 5.41) is 5.36. The monoisotopic (exact) mass is 350 g/mol. The summed E-state index contributed by atoms with van der Waals surface area (Å²) in [7, 11) is 0. The molecular formula is C18H26N2O3S. The van der Waals surface area contributed by atoms with Gasteiger partial charge in [-0.1, -0.05) is 44.2 Å². The fourth-order valence-corrected chi connectivity index (χ4v) is 2.86. The predicted octanol–water partition coefficient (Wildman–Crippen LogP) is 2.27. The quantitative estimate of drug-likeness (QED) is 0.474. The number of hydrogen-bond acceptors (Lipinski definition) is 4. The van der Waals surface area contributed by atoms with Gasteiger partial charge in [0.05, 0.1) is 6.04 Å². The lowest BCUT2D eigenvalue weighted by molar-refractivity contribution is -0.125. The first-order valence-electron chi connectivity index (χ1n) is 8.07. The Morgan fingerprint density at radius 3 is 2.38 bits per heavy atom. The number of benzene rings is 1. The molecule has 2 atom stereocenters. The van der Waals surface area contributed by atoms with Gasteiger partial charge in [-0.2, -0.15) is 11.8 Å². The number of amides is 2. The van der Waals surface area contributed by atoms with Crippen LogP contribution in [0.4, 0.5) is 0 Å². The first-order valence-corrected chi connectivity index (χ1v) is 9.47. The minimum absolute atomic E-state index is 0.104. The van der Waals surface area contributed by atoms with E-state index in [4.69, 9.17) is 0 Å². The van der Waals surface area contributed by atoms with E-state index in [0.29, 0.717) is 24.8 Å². The number of nitrogens with one attached hydrogen (secondary N) is 2. The SMILES string of the molecule is CSCC[C@H](NC=O)C(=O)N[C@@H](CC(C)C)C(=O)c1ccccc1. The highest BCUT2D eigenvalue weighted by Gasteiger charge is 2.26. The number of rotatable bonds is 11. The van der Waals surface area contributed by atoms with Gasteiger partial charge in [-0.05, 0) is 30.8 Å². The van der Waals surface area contributed by atoms with Crippen LogP contribution in [0.25, 0.3) is 0 Å². The highest BCUT2D eigenvalue weighted by molar-refractivity contribution is 7.98. The Kier molecular flexibility index (Phi) is 9.15. The molecule has 0 aromatic heterocycles. The third-order valence-corrected chi connectivity index (χ3v) is 4.24. The Bertz CT molecular complexity index is 534. The van der Waals surface area contributed by atoms with Crippen molar-refractivity contribution >= 4 is 29.9 Å². The lowest BCUT2D eigenvalue weighted by Crippen LogP contribution is -2.50. The average Bonchev–Trinajstić information content (AvgIpc) is 2.57. The van der Waals surface area contributed by atoms with Gasteiger partial charge < -0.3 is 10.6 Å². The van der Waals surface area contributed by atoms with Crippen molar-refractivity contribution in [2.24, 2.45) is 5.92 Å². The third kappa shape index (κ3) is 6.74. The van der Waals surface area contributed by atoms with Crippen LogP contribution < -0.4 is 10.6 Å². The second kappa shape index (κ2) is 10.9. The number of carbonyl (C=O) groups excluding carboxylic acids is 3. The zero-order chi connectivity index (χ0) is 17.9. The van der Waals surface area contributed by atoms with Gasteiger partial charge in [-0.15, -0.1) is 0 Å². The summed E-state index contributed by atoms with van der Waals surface area (Å²) in [6, 6.07) is 7.73. The maximum Gasteiger partial charge on any atom is 0.243 e. The molecule has 1 aromatic carbocycles. The van der Waals surface area contributed by atoms with Crippen molar-refractivity contribution in [1.29, 1.82) is 0 Å². The molecule has 2 N–H and O–H groups in total. The molecule has 1 aromatic rings. The van der Waals surface area contributed by atoms with Gasteiger partial charge in [-0.3, -0.25) is 14.4 Å². The number of thioether (sulfide) groups is 1. The van der Waals surface area contributed by atoms with Crippen molar-refractivity contribution in [2.45, 2.75) is 38.8 Å². The summed E-state index contributed by atoms with van der Waals surface area (Å²) >= 11 is 1.60. The summed E-state index contributed by atoms with van der Waals surface area (Å²) in [4.78, 5) is 35.9. The van der Waals surface area contributed by atoms with Crippen LogP contribution in [0.15, 0.2) is 30.3 Å². The van der Waals surface area contributed by atoms with Gasteiger partial charge in [0.1, 0.15) is 6.04 Å². The molecule has 0 fully saturated rings. The molecule has 1 rings (SSSR count). The van der Waals surface area contributed by atoms with E-state index in [1.54, 1.807) is 36.0 Å². The molecule has 0 heterocycles. The second-order valence-corrected chi connectivity index (χ2v) is 7.03. The van der Waals surface area contributed by atoms with Gasteiger partial charge in [0.25, 0.3) is 0 Å². The number of carbonyl (C=O) groups is 3. The molecule has 0 bridgehead atoms. The molecule has 5 nitrogen and oxygen atoms in total. The lowest BCUT2D eigenvalue weighted by Gasteiger charge is -2.23. The van der Waals surface area contributed by atoms with Gasteiger partial charge in [0.15, 0.2) is 5.78 Å². The molecule has 0 spiro atoms. The Morgan fingerprint density at radius 2 is 1.83 bits per heavy atom. The molecule has 132 valence electrons. The third-order valence-electron chi connectivity index (χ3n) is 3.59. The maximum absolute atomic E-state index is 12.7. The summed E-state index contributed by atoms with van der Waals surface area (Å²) < 4.78 is 0. The maximum atomic E-state index is 12.7. The number of hydrogen-bond donors (Lipinski definition) is 2. The average molecular weight is 350 g/mol. The minimum Gasteiger partial charge on any atom is -0.347 e. The van der Waals surface area contributed by atoms with Crippen molar-refractivity contribution in [2.75, 3.05) is 12.0 Å². The summed E-state index contributed by atoms with van der Waals surface area (Å²) in [5.41, 5.74) is 0.576. The van der Waals surface area contributed by atoms with E-state index in [9.17, 15) is 14.4 Å². The minimum atomic E-state index is -0.617. The van der Waals surface area contributed by atoms with Crippen LogP contribution in [0.1, 0.15) is 37.0 Å². The molecule has 24 heavy (non-hydrogen) atoms. The molecule has 0 unspecified atom stereocenters. The van der Waals surface area contributed by atoms with Crippen molar-refractivity contribution in [3.05, 3.63) is 35.9 Å². The molecule has 0 radical (unpaired) electrons. The Hall–Kier alpha value is -1.82. The van der Waals surface area contributed by atoms with Crippen LogP contribution >= 0.6 is 11.8 Å². The van der Waals surface area contributed by atoms with Crippen LogP contribution in [0, 0.1) is 5.92 Å². The van der Waals surface area contributed by atoms with Crippen LogP contribution in [0.5, 0.6) is 0 Å². The van der Waals surface area contributed by atoms with Crippen molar-refractivity contribution < 1.29 is 14.4 Å². The molecule has 0 aliphatic rings. The van der Waals surface area contributed by atoms with Crippen molar-refractivity contribution in [3.63, 3.8) is 0 Å². The van der Waals surface area contributed by atoms with Gasteiger partial charge >= 0.3 is 0 Å². The standard InChI is InChI=1S/C18H26N2O3S/c1-13(2)11-16(17(22)14-7-5-4-6-8-14)20-18(23)15(19-12-21)9-10-24-3/h4-8,12-13,15-16H,9-11H2,1-3H3,(H,19,21)(H,20,23)/t15-,16-/m0/s1. The normalized spacial score (nSPS) is 13.2. The highest BCUT2D eigenvalue weighted by Crippen LogP contribution is 2.12. The Labute approximate surface area is 148 Å². The molecule has 6 heteroatoms. The van der Waals surface area contributed by atoms with Gasteiger partial charge in [0, 0.05) is 5.56 Å². The Balaban J connectivity index is 2.85. The van der Waals surface area contributed by atoms with E-state index < -0.39 is 12.1 Å². The van der Waals surface area contributed by atoms with E-state index in [1.807, 2.05) is 26.2 Å². The molecule has 0 aliphatic heterocycles. The summed E-state index contributed by atoms with van der Waals surface area (Å²) in [6.45, 7) is 4.01. The molecule has 2 amide bonds. The smallest absolute Gasteiger partial charge is 0.243 e. The molecule has 0 aliphatic carbocycles. The lowest BCUT2D eigenvalue weighted by atomic mass is 9.95. The molecule has 0 saturated heterocycles. The molecular weight excluding hydrogens is 324 g/mol. The summed E-state index contributed by atoms with van der Waals surface area (Å²) in [6.07, 6.45) is 3.55. The van der Waals surface area contributed by atoms with E-state index in [1.165, 1.54) is 0 Å². The largest absolute Gasteiger partial charge is 0.347 e. The van der Waals surface area contributed by atoms with Crippen LogP contribution in [-0.4, -0.2) is 42.2 Å². The Morgan fingerprint density at radius 1 is 1.17 bits per heavy atom. The number of Topliss-reactive ketones (excluding diaryl/α,β-unsaturated/α-hetero) is 1. The first-order chi connectivity index (χ1) is 11.5. The summed E-state index contributed by atoms with van der Waals surface area (Å²) in [5.74, 6) is 0.588. The second-order valence-electron chi connectivity index (χ2n) is 6.04. The predicted molar refractivity (Wildman–Crippen MR) is 98.1 cm³/mol. The van der Waals surface area contributed by atoms with Crippen LogP contribution in [-0.2, 0) is 9.59 Å². The topological polar surface area (TPSA) is 75.3 Å². The van der Waals surface area contributed by atoms with Crippen LogP contribution in [0.2, 0.25) is 0 Å². The zero-order valence-corrected chi connectivity index (χ0v) is 15.3. The van der Waals surface area contributed by atoms with Gasteiger partial charge in [-0.25, -0.2) is 0 Å². The van der Waals surface area contributed by atoms with Crippen molar-refractivity contribution in [1.82, 2.24) is 10.6 Å². The van der Waals surface area contributed by atoms with E-state index >= 15 is 0 Å². The fraction of sp³-hybridized carbons (Fsp3) is 0.500. The van der Waals surface area contributed by atoms with Gasteiger partial charge in [0.2, 0.25) is 12.3 Å². The van der Waals surface area contributed by atoms with E-state index in [-0.39, 0.29) is 17.6 Å². The van der Waals surface area contributed by atoms with E-state index in [0.717, 1.165) is 5.75 Å². The zero-order valence-electron chi connectivity index (χ0n) is 14.5.